The van der Waals surface area contributed by atoms with Gasteiger partial charge in [-0.3, -0.25) is 4.68 Å². The number of piperidine rings is 1. The summed E-state index contributed by atoms with van der Waals surface area (Å²) in [5.41, 5.74) is 1.05. The van der Waals surface area contributed by atoms with Crippen molar-refractivity contribution < 1.29 is 5.11 Å². The zero-order valence-electron chi connectivity index (χ0n) is 18.9. The summed E-state index contributed by atoms with van der Waals surface area (Å²) in [5, 5.41) is 18.4. The van der Waals surface area contributed by atoms with Gasteiger partial charge in [-0.05, 0) is 45.4 Å². The number of anilines is 4. The summed E-state index contributed by atoms with van der Waals surface area (Å²) in [7, 11) is 0. The van der Waals surface area contributed by atoms with E-state index in [0.717, 1.165) is 73.3 Å². The first-order valence-corrected chi connectivity index (χ1v) is 11.7. The van der Waals surface area contributed by atoms with Crippen molar-refractivity contribution in [3.05, 3.63) is 24.5 Å². The fourth-order valence-corrected chi connectivity index (χ4v) is 4.60. The van der Waals surface area contributed by atoms with Crippen molar-refractivity contribution in [2.24, 2.45) is 5.92 Å². The molecule has 0 aliphatic carbocycles. The molecule has 5 rings (SSSR count). The van der Waals surface area contributed by atoms with Crippen LogP contribution in [0.4, 0.5) is 23.4 Å². The molecule has 3 aromatic rings. The average Bonchev–Trinajstić information content (AvgIpc) is 3.49. The highest BCUT2D eigenvalue weighted by atomic mass is 16.3. The van der Waals surface area contributed by atoms with E-state index in [2.05, 4.69) is 39.0 Å². The van der Waals surface area contributed by atoms with Crippen LogP contribution in [0.5, 0.6) is 0 Å². The third-order valence-electron chi connectivity index (χ3n) is 6.51. The first kappa shape index (κ1) is 20.9. The lowest BCUT2D eigenvalue weighted by Crippen LogP contribution is -2.36. The Morgan fingerprint density at radius 3 is 2.50 bits per heavy atom. The number of aromatic nitrogens is 5. The molecule has 9 nitrogen and oxygen atoms in total. The Bertz CT molecular complexity index is 1070. The Kier molecular flexibility index (Phi) is 5.82. The van der Waals surface area contributed by atoms with E-state index < -0.39 is 0 Å². The van der Waals surface area contributed by atoms with E-state index >= 15 is 0 Å². The molecule has 2 aliphatic rings. The highest BCUT2D eigenvalue weighted by Gasteiger charge is 2.23. The molecule has 170 valence electrons. The molecule has 3 aromatic heterocycles. The van der Waals surface area contributed by atoms with Crippen LogP contribution in [0.15, 0.2) is 24.5 Å². The second-order valence-corrected chi connectivity index (χ2v) is 9.15. The van der Waals surface area contributed by atoms with Crippen molar-refractivity contribution in [2.45, 2.75) is 45.6 Å². The van der Waals surface area contributed by atoms with Crippen molar-refractivity contribution in [3.63, 3.8) is 0 Å². The lowest BCUT2D eigenvalue weighted by Gasteiger charge is -2.32. The van der Waals surface area contributed by atoms with Crippen molar-refractivity contribution in [1.29, 1.82) is 0 Å². The summed E-state index contributed by atoms with van der Waals surface area (Å²) >= 11 is 0. The van der Waals surface area contributed by atoms with Gasteiger partial charge in [0.25, 0.3) is 0 Å². The maximum absolute atomic E-state index is 9.48. The normalized spacial score (nSPS) is 17.6. The highest BCUT2D eigenvalue weighted by molar-refractivity contribution is 5.81. The van der Waals surface area contributed by atoms with Gasteiger partial charge in [0.2, 0.25) is 5.95 Å². The molecule has 0 radical (unpaired) electrons. The maximum atomic E-state index is 9.48. The number of rotatable bonds is 6. The SMILES string of the molecule is CC(C)n1ncc2cnc(Nc3cc(N4CCCC4)nc(N4CCC(CO)CC4)n3)cc21. The standard InChI is InChI=1S/C23H32N8O/c1-16(2)31-19-11-20(24-13-18(19)14-25-31)26-21-12-22(29-7-3-4-8-29)28-23(27-21)30-9-5-17(15-32)6-10-30/h11-14,16-17,32H,3-10,15H2,1-2H3,(H,24,26,27,28). The van der Waals surface area contributed by atoms with Gasteiger partial charge in [-0.15, -0.1) is 0 Å². The summed E-state index contributed by atoms with van der Waals surface area (Å²) in [4.78, 5) is 18.9. The number of aliphatic hydroxyl groups is 1. The molecule has 0 spiro atoms. The average molecular weight is 437 g/mol. The molecule has 0 amide bonds. The molecule has 2 fully saturated rings. The summed E-state index contributed by atoms with van der Waals surface area (Å²) in [5.74, 6) is 3.60. The molecular weight excluding hydrogens is 404 g/mol. The molecule has 0 saturated carbocycles. The third kappa shape index (κ3) is 4.21. The molecule has 0 bridgehead atoms. The Labute approximate surface area is 188 Å². The number of fused-ring (bicyclic) bond motifs is 1. The molecule has 2 N–H and O–H groups in total. The fraction of sp³-hybridized carbons (Fsp3) is 0.565. The molecule has 0 aromatic carbocycles. The first-order chi connectivity index (χ1) is 15.6. The van der Waals surface area contributed by atoms with Gasteiger partial charge in [-0.2, -0.15) is 15.1 Å². The van der Waals surface area contributed by atoms with Gasteiger partial charge in [0.05, 0.1) is 11.7 Å². The van der Waals surface area contributed by atoms with Crippen LogP contribution < -0.4 is 15.1 Å². The van der Waals surface area contributed by atoms with E-state index in [1.807, 2.05) is 29.2 Å². The second kappa shape index (κ2) is 8.90. The minimum Gasteiger partial charge on any atom is -0.396 e. The number of aliphatic hydroxyl groups excluding tert-OH is 1. The molecule has 0 atom stereocenters. The Balaban J connectivity index is 1.45. The van der Waals surface area contributed by atoms with Gasteiger partial charge in [0.15, 0.2) is 0 Å². The van der Waals surface area contributed by atoms with Crippen LogP contribution in [0, 0.1) is 5.92 Å². The van der Waals surface area contributed by atoms with Gasteiger partial charge < -0.3 is 20.2 Å². The third-order valence-corrected chi connectivity index (χ3v) is 6.51. The van der Waals surface area contributed by atoms with Crippen molar-refractivity contribution in [2.75, 3.05) is 47.9 Å². The predicted molar refractivity (Wildman–Crippen MR) is 127 cm³/mol. The number of pyridine rings is 1. The molecule has 2 aliphatic heterocycles. The van der Waals surface area contributed by atoms with E-state index in [9.17, 15) is 5.11 Å². The van der Waals surface area contributed by atoms with E-state index in [1.54, 1.807) is 0 Å². The van der Waals surface area contributed by atoms with Gasteiger partial charge in [0.1, 0.15) is 17.5 Å². The van der Waals surface area contributed by atoms with Crippen molar-refractivity contribution in [1.82, 2.24) is 24.7 Å². The van der Waals surface area contributed by atoms with E-state index in [0.29, 0.717) is 5.92 Å². The predicted octanol–water partition coefficient (Wildman–Crippen LogP) is 3.35. The number of hydrogen-bond donors (Lipinski definition) is 2. The quantitative estimate of drug-likeness (QED) is 0.607. The van der Waals surface area contributed by atoms with Crippen LogP contribution in [-0.2, 0) is 0 Å². The largest absolute Gasteiger partial charge is 0.396 e. The van der Waals surface area contributed by atoms with Gasteiger partial charge >= 0.3 is 0 Å². The Hall–Kier alpha value is -2.94. The van der Waals surface area contributed by atoms with Crippen LogP contribution in [-0.4, -0.2) is 62.6 Å². The van der Waals surface area contributed by atoms with Crippen LogP contribution >= 0.6 is 0 Å². The number of hydrogen-bond acceptors (Lipinski definition) is 8. The lowest BCUT2D eigenvalue weighted by atomic mass is 9.98. The second-order valence-electron chi connectivity index (χ2n) is 9.15. The van der Waals surface area contributed by atoms with Crippen LogP contribution in [0.2, 0.25) is 0 Å². The minimum absolute atomic E-state index is 0.260. The molecule has 5 heterocycles. The smallest absolute Gasteiger partial charge is 0.229 e. The first-order valence-electron chi connectivity index (χ1n) is 11.7. The topological polar surface area (TPSA) is 95.2 Å². The van der Waals surface area contributed by atoms with E-state index in [4.69, 9.17) is 9.97 Å². The zero-order valence-corrected chi connectivity index (χ0v) is 18.9. The summed E-state index contributed by atoms with van der Waals surface area (Å²) in [6.07, 6.45) is 8.04. The molecule has 2 saturated heterocycles. The number of nitrogens with one attached hydrogen (secondary N) is 1. The summed E-state index contributed by atoms with van der Waals surface area (Å²) in [6, 6.07) is 4.34. The van der Waals surface area contributed by atoms with E-state index in [-0.39, 0.29) is 12.6 Å². The monoisotopic (exact) mass is 436 g/mol. The highest BCUT2D eigenvalue weighted by Crippen LogP contribution is 2.28. The van der Waals surface area contributed by atoms with Crippen LogP contribution in [0.1, 0.15) is 45.6 Å². The fourth-order valence-electron chi connectivity index (χ4n) is 4.60. The van der Waals surface area contributed by atoms with Crippen molar-refractivity contribution in [3.8, 4) is 0 Å². The zero-order chi connectivity index (χ0) is 22.1. The Morgan fingerprint density at radius 2 is 1.78 bits per heavy atom. The van der Waals surface area contributed by atoms with Crippen LogP contribution in [0.3, 0.4) is 0 Å². The van der Waals surface area contributed by atoms with Gasteiger partial charge in [0, 0.05) is 62.5 Å². The molecular formula is C23H32N8O. The van der Waals surface area contributed by atoms with Gasteiger partial charge in [-0.1, -0.05) is 0 Å². The molecule has 32 heavy (non-hydrogen) atoms. The van der Waals surface area contributed by atoms with E-state index in [1.165, 1.54) is 12.8 Å². The lowest BCUT2D eigenvalue weighted by molar-refractivity contribution is 0.202. The van der Waals surface area contributed by atoms with Crippen LogP contribution in [0.25, 0.3) is 10.9 Å². The maximum Gasteiger partial charge on any atom is 0.229 e. The summed E-state index contributed by atoms with van der Waals surface area (Å²) < 4.78 is 2.01. The number of nitrogens with zero attached hydrogens (tertiary/aromatic N) is 7. The molecule has 0 unspecified atom stereocenters. The summed E-state index contributed by atoms with van der Waals surface area (Å²) in [6.45, 7) is 8.30. The minimum atomic E-state index is 0.260. The molecule has 9 heteroatoms. The van der Waals surface area contributed by atoms with Gasteiger partial charge in [-0.25, -0.2) is 4.98 Å². The Morgan fingerprint density at radius 1 is 1.00 bits per heavy atom. The van der Waals surface area contributed by atoms with Crippen molar-refractivity contribution >= 4 is 34.3 Å².